The van der Waals surface area contributed by atoms with Crippen molar-refractivity contribution in [1.82, 2.24) is 4.98 Å². The van der Waals surface area contributed by atoms with E-state index >= 15 is 0 Å². The van der Waals surface area contributed by atoms with E-state index < -0.39 is 4.92 Å². The van der Waals surface area contributed by atoms with E-state index in [0.717, 1.165) is 0 Å². The van der Waals surface area contributed by atoms with E-state index in [1.165, 1.54) is 12.1 Å². The predicted molar refractivity (Wildman–Crippen MR) is 56.2 cm³/mol. The quantitative estimate of drug-likeness (QED) is 0.344. The number of allylic oxidation sites excluding steroid dienone is 1. The molecule has 0 amide bonds. The molecule has 0 atom stereocenters. The molecule has 1 rings (SSSR count). The first-order chi connectivity index (χ1) is 7.15. The molecule has 0 aromatic carbocycles. The third kappa shape index (κ3) is 3.21. The topological polar surface area (TPSA) is 65.3 Å². The van der Waals surface area contributed by atoms with Gasteiger partial charge in [0.2, 0.25) is 0 Å². The van der Waals surface area contributed by atoms with Crippen LogP contribution in [0.5, 0.6) is 5.88 Å². The van der Waals surface area contributed by atoms with Crippen molar-refractivity contribution in [2.75, 3.05) is 6.61 Å². The van der Waals surface area contributed by atoms with Gasteiger partial charge >= 0.3 is 5.69 Å². The van der Waals surface area contributed by atoms with Crippen LogP contribution in [-0.4, -0.2) is 16.5 Å². The highest BCUT2D eigenvalue weighted by Gasteiger charge is 2.16. The van der Waals surface area contributed by atoms with Crippen LogP contribution >= 0.6 is 11.6 Å². The minimum atomic E-state index is -0.561. The molecule has 5 nitrogen and oxygen atoms in total. The molecular weight excluding hydrogens is 220 g/mol. The maximum Gasteiger partial charge on any atom is 0.331 e. The van der Waals surface area contributed by atoms with Crippen molar-refractivity contribution in [3.8, 4) is 5.88 Å². The standard InChI is InChI=1S/C9H9ClN2O3/c1-2-3-6-15-9-7(12(13)14)4-5-8(10)11-9/h2-5H,6H2,1H3. The van der Waals surface area contributed by atoms with Crippen molar-refractivity contribution in [3.05, 3.63) is 39.6 Å². The van der Waals surface area contributed by atoms with Gasteiger partial charge in [0.05, 0.1) is 4.92 Å². The monoisotopic (exact) mass is 228 g/mol. The first-order valence-electron chi connectivity index (χ1n) is 4.20. The first-order valence-corrected chi connectivity index (χ1v) is 4.58. The van der Waals surface area contributed by atoms with Crippen molar-refractivity contribution in [2.24, 2.45) is 0 Å². The average Bonchev–Trinajstić information content (AvgIpc) is 2.18. The zero-order chi connectivity index (χ0) is 11.3. The number of pyridine rings is 1. The fraction of sp³-hybridized carbons (Fsp3) is 0.222. The lowest BCUT2D eigenvalue weighted by molar-refractivity contribution is -0.386. The molecule has 0 saturated heterocycles. The summed E-state index contributed by atoms with van der Waals surface area (Å²) >= 11 is 5.60. The van der Waals surface area contributed by atoms with Gasteiger partial charge in [0, 0.05) is 6.07 Å². The van der Waals surface area contributed by atoms with Gasteiger partial charge in [0.15, 0.2) is 0 Å². The van der Waals surface area contributed by atoms with E-state index in [0.29, 0.717) is 0 Å². The number of rotatable bonds is 4. The maximum atomic E-state index is 10.6. The molecule has 1 aromatic rings. The van der Waals surface area contributed by atoms with Gasteiger partial charge in [-0.25, -0.2) is 0 Å². The summed E-state index contributed by atoms with van der Waals surface area (Å²) in [5.41, 5.74) is -0.191. The van der Waals surface area contributed by atoms with Crippen LogP contribution in [0.2, 0.25) is 5.15 Å². The molecule has 0 spiro atoms. The van der Waals surface area contributed by atoms with Crippen LogP contribution in [0.1, 0.15) is 6.92 Å². The van der Waals surface area contributed by atoms with Crippen molar-refractivity contribution in [1.29, 1.82) is 0 Å². The first kappa shape index (κ1) is 11.5. The van der Waals surface area contributed by atoms with Gasteiger partial charge < -0.3 is 4.74 Å². The summed E-state index contributed by atoms with van der Waals surface area (Å²) in [6.45, 7) is 2.05. The number of nitrogens with zero attached hydrogens (tertiary/aromatic N) is 2. The molecule has 1 heterocycles. The number of aromatic nitrogens is 1. The number of ether oxygens (including phenoxy) is 1. The number of halogens is 1. The molecule has 0 bridgehead atoms. The van der Waals surface area contributed by atoms with Crippen LogP contribution in [0, 0.1) is 10.1 Å². The van der Waals surface area contributed by atoms with Crippen LogP contribution in [0.25, 0.3) is 0 Å². The summed E-state index contributed by atoms with van der Waals surface area (Å²) in [5.74, 6) is -0.0643. The summed E-state index contributed by atoms with van der Waals surface area (Å²) in [4.78, 5) is 13.8. The van der Waals surface area contributed by atoms with Gasteiger partial charge in [-0.2, -0.15) is 4.98 Å². The Bertz CT molecular complexity index is 393. The largest absolute Gasteiger partial charge is 0.469 e. The van der Waals surface area contributed by atoms with Crippen LogP contribution in [0.3, 0.4) is 0 Å². The van der Waals surface area contributed by atoms with Crippen LogP contribution in [-0.2, 0) is 0 Å². The third-order valence-corrected chi connectivity index (χ3v) is 1.77. The molecule has 0 saturated carbocycles. The minimum Gasteiger partial charge on any atom is -0.469 e. The fourth-order valence-corrected chi connectivity index (χ4v) is 1.02. The Kier molecular flexibility index (Phi) is 4.05. The molecule has 0 radical (unpaired) electrons. The SMILES string of the molecule is CC=CCOc1nc(Cl)ccc1[N+](=O)[O-]. The highest BCUT2D eigenvalue weighted by molar-refractivity contribution is 6.29. The second-order valence-electron chi connectivity index (χ2n) is 2.60. The second kappa shape index (κ2) is 5.31. The Morgan fingerprint density at radius 2 is 2.40 bits per heavy atom. The second-order valence-corrected chi connectivity index (χ2v) is 2.98. The molecular formula is C9H9ClN2O3. The van der Waals surface area contributed by atoms with E-state index in [9.17, 15) is 10.1 Å². The molecule has 80 valence electrons. The Morgan fingerprint density at radius 3 is 3.00 bits per heavy atom. The Hall–Kier alpha value is -1.62. The number of hydrogen-bond acceptors (Lipinski definition) is 4. The number of hydrogen-bond donors (Lipinski definition) is 0. The predicted octanol–water partition coefficient (Wildman–Crippen LogP) is 2.60. The lowest BCUT2D eigenvalue weighted by atomic mass is 10.4. The lowest BCUT2D eigenvalue weighted by Gasteiger charge is -2.02. The minimum absolute atomic E-state index is 0.0643. The molecule has 0 fully saturated rings. The highest BCUT2D eigenvalue weighted by atomic mass is 35.5. The summed E-state index contributed by atoms with van der Waals surface area (Å²) in [6, 6.07) is 2.61. The van der Waals surface area contributed by atoms with E-state index in [1.54, 1.807) is 12.2 Å². The molecule has 0 unspecified atom stereocenters. The molecule has 6 heteroatoms. The molecule has 0 aliphatic carbocycles. The Balaban J connectivity index is 2.91. The van der Waals surface area contributed by atoms with Gasteiger partial charge in [-0.3, -0.25) is 10.1 Å². The Morgan fingerprint density at radius 1 is 1.67 bits per heavy atom. The van der Waals surface area contributed by atoms with Gasteiger partial charge in [0.1, 0.15) is 11.8 Å². The van der Waals surface area contributed by atoms with Crippen molar-refractivity contribution < 1.29 is 9.66 Å². The van der Waals surface area contributed by atoms with Crippen molar-refractivity contribution in [3.63, 3.8) is 0 Å². The summed E-state index contributed by atoms with van der Waals surface area (Å²) in [6.07, 6.45) is 3.49. The van der Waals surface area contributed by atoms with E-state index in [1.807, 2.05) is 6.92 Å². The zero-order valence-electron chi connectivity index (χ0n) is 8.01. The van der Waals surface area contributed by atoms with Gasteiger partial charge in [-0.15, -0.1) is 0 Å². The summed E-state index contributed by atoms with van der Waals surface area (Å²) in [7, 11) is 0. The third-order valence-electron chi connectivity index (χ3n) is 1.55. The average molecular weight is 229 g/mol. The zero-order valence-corrected chi connectivity index (χ0v) is 8.77. The van der Waals surface area contributed by atoms with Crippen LogP contribution < -0.4 is 4.74 Å². The van der Waals surface area contributed by atoms with Crippen LogP contribution in [0.4, 0.5) is 5.69 Å². The Labute approximate surface area is 91.5 Å². The molecule has 1 aromatic heterocycles. The molecule has 15 heavy (non-hydrogen) atoms. The normalized spacial score (nSPS) is 10.5. The van der Waals surface area contributed by atoms with E-state index in [-0.39, 0.29) is 23.3 Å². The van der Waals surface area contributed by atoms with Gasteiger partial charge in [-0.05, 0) is 13.0 Å². The summed E-state index contributed by atoms with van der Waals surface area (Å²) < 4.78 is 5.10. The van der Waals surface area contributed by atoms with Crippen LogP contribution in [0.15, 0.2) is 24.3 Å². The van der Waals surface area contributed by atoms with Gasteiger partial charge in [-0.1, -0.05) is 23.8 Å². The van der Waals surface area contributed by atoms with E-state index in [2.05, 4.69) is 4.98 Å². The van der Waals surface area contributed by atoms with E-state index in [4.69, 9.17) is 16.3 Å². The van der Waals surface area contributed by atoms with Crippen molar-refractivity contribution >= 4 is 17.3 Å². The summed E-state index contributed by atoms with van der Waals surface area (Å²) in [5, 5.41) is 10.8. The number of nitro groups is 1. The smallest absolute Gasteiger partial charge is 0.331 e. The lowest BCUT2D eigenvalue weighted by Crippen LogP contribution is -2.00. The van der Waals surface area contributed by atoms with Crippen molar-refractivity contribution in [2.45, 2.75) is 6.92 Å². The molecule has 0 aliphatic rings. The fourth-order valence-electron chi connectivity index (χ4n) is 0.879. The van der Waals surface area contributed by atoms with Gasteiger partial charge in [0.25, 0.3) is 5.88 Å². The molecule has 0 aliphatic heterocycles. The highest BCUT2D eigenvalue weighted by Crippen LogP contribution is 2.25. The maximum absolute atomic E-state index is 10.6. The molecule has 0 N–H and O–H groups in total.